The molecule has 0 aliphatic heterocycles. The van der Waals surface area contributed by atoms with E-state index in [0.29, 0.717) is 6.54 Å². The summed E-state index contributed by atoms with van der Waals surface area (Å²) in [4.78, 5) is 4.30. The first-order valence-corrected chi connectivity index (χ1v) is 4.92. The number of halogens is 1. The van der Waals surface area contributed by atoms with Gasteiger partial charge in [0.15, 0.2) is 0 Å². The van der Waals surface area contributed by atoms with Gasteiger partial charge in [-0.25, -0.2) is 0 Å². The van der Waals surface area contributed by atoms with Crippen molar-refractivity contribution < 1.29 is 0 Å². The molecule has 1 aromatic carbocycles. The Hall–Kier alpha value is -1.12. The second-order valence-electron chi connectivity index (χ2n) is 3.16. The molecule has 14 heavy (non-hydrogen) atoms. The van der Waals surface area contributed by atoms with Gasteiger partial charge in [-0.3, -0.25) is 4.98 Å². The second kappa shape index (κ2) is 3.95. The van der Waals surface area contributed by atoms with Gasteiger partial charge in [-0.15, -0.1) is 0 Å². The van der Waals surface area contributed by atoms with E-state index in [1.165, 1.54) is 0 Å². The Bertz CT molecular complexity index is 454. The topological polar surface area (TPSA) is 38.9 Å². The Kier molecular flexibility index (Phi) is 2.66. The van der Waals surface area contributed by atoms with E-state index in [9.17, 15) is 0 Å². The van der Waals surface area contributed by atoms with Gasteiger partial charge in [-0.2, -0.15) is 0 Å². The lowest BCUT2D eigenvalue weighted by Gasteiger charge is -2.04. The zero-order chi connectivity index (χ0) is 9.97. The third kappa shape index (κ3) is 1.72. The highest BCUT2D eigenvalue weighted by Gasteiger charge is 2.01. The molecule has 0 fully saturated rings. The van der Waals surface area contributed by atoms with Crippen molar-refractivity contribution in [1.82, 2.24) is 4.98 Å². The molecule has 0 aliphatic carbocycles. The fourth-order valence-corrected chi connectivity index (χ4v) is 1.71. The van der Waals surface area contributed by atoms with Gasteiger partial charge in [0.2, 0.25) is 0 Å². The minimum absolute atomic E-state index is 0.610. The highest BCUT2D eigenvalue weighted by molar-refractivity contribution is 6.31. The van der Waals surface area contributed by atoms with Gasteiger partial charge in [0.1, 0.15) is 0 Å². The SMILES string of the molecule is NCCc1nccc2ccc(Cl)cc12. The number of hydrogen-bond donors (Lipinski definition) is 1. The maximum absolute atomic E-state index is 5.93. The Labute approximate surface area is 87.7 Å². The van der Waals surface area contributed by atoms with Crippen molar-refractivity contribution >= 4 is 22.4 Å². The molecule has 0 saturated carbocycles. The van der Waals surface area contributed by atoms with Crippen molar-refractivity contribution in [2.45, 2.75) is 6.42 Å². The number of nitrogens with two attached hydrogens (primary N) is 1. The number of aromatic nitrogens is 1. The van der Waals surface area contributed by atoms with Crippen LogP contribution in [0, 0.1) is 0 Å². The number of pyridine rings is 1. The van der Waals surface area contributed by atoms with Gasteiger partial charge in [0.05, 0.1) is 0 Å². The van der Waals surface area contributed by atoms with Crippen LogP contribution in [0.5, 0.6) is 0 Å². The number of benzene rings is 1. The summed E-state index contributed by atoms with van der Waals surface area (Å²) in [6.07, 6.45) is 2.60. The van der Waals surface area contributed by atoms with E-state index >= 15 is 0 Å². The molecule has 0 bridgehead atoms. The zero-order valence-corrected chi connectivity index (χ0v) is 8.46. The number of hydrogen-bond acceptors (Lipinski definition) is 2. The molecule has 2 rings (SSSR count). The average Bonchev–Trinajstić information content (AvgIpc) is 2.19. The average molecular weight is 207 g/mol. The molecule has 0 radical (unpaired) electrons. The molecule has 0 unspecified atom stereocenters. The molecule has 2 aromatic rings. The Morgan fingerprint density at radius 3 is 2.93 bits per heavy atom. The molecule has 2 nitrogen and oxygen atoms in total. The van der Waals surface area contributed by atoms with Crippen LogP contribution in [0.15, 0.2) is 30.5 Å². The molecule has 1 aromatic heterocycles. The summed E-state index contributed by atoms with van der Waals surface area (Å²) in [5.74, 6) is 0. The first-order valence-electron chi connectivity index (χ1n) is 4.54. The van der Waals surface area contributed by atoms with Crippen molar-refractivity contribution in [3.05, 3.63) is 41.2 Å². The van der Waals surface area contributed by atoms with Crippen LogP contribution >= 0.6 is 11.6 Å². The molecule has 0 saturated heterocycles. The van der Waals surface area contributed by atoms with Gasteiger partial charge in [0.25, 0.3) is 0 Å². The molecule has 0 aliphatic rings. The fraction of sp³-hybridized carbons (Fsp3) is 0.182. The molecule has 1 heterocycles. The van der Waals surface area contributed by atoms with Gasteiger partial charge < -0.3 is 5.73 Å². The third-order valence-electron chi connectivity index (χ3n) is 2.19. The van der Waals surface area contributed by atoms with E-state index in [0.717, 1.165) is 27.9 Å². The predicted octanol–water partition coefficient (Wildman–Crippen LogP) is 2.39. The van der Waals surface area contributed by atoms with Crippen LogP contribution in [0.4, 0.5) is 0 Å². The summed E-state index contributed by atoms with van der Waals surface area (Å²) in [7, 11) is 0. The van der Waals surface area contributed by atoms with Crippen molar-refractivity contribution in [3.63, 3.8) is 0 Å². The van der Waals surface area contributed by atoms with Crippen LogP contribution in [0.3, 0.4) is 0 Å². The van der Waals surface area contributed by atoms with Crippen LogP contribution in [0.2, 0.25) is 5.02 Å². The molecule has 0 atom stereocenters. The minimum atomic E-state index is 0.610. The summed E-state index contributed by atoms with van der Waals surface area (Å²) >= 11 is 5.93. The highest BCUT2D eigenvalue weighted by Crippen LogP contribution is 2.21. The number of nitrogens with zero attached hydrogens (tertiary/aromatic N) is 1. The van der Waals surface area contributed by atoms with Crippen LogP contribution in [0.1, 0.15) is 5.69 Å². The summed E-state index contributed by atoms with van der Waals surface area (Å²) < 4.78 is 0. The quantitative estimate of drug-likeness (QED) is 0.820. The lowest BCUT2D eigenvalue weighted by Crippen LogP contribution is -2.04. The largest absolute Gasteiger partial charge is 0.330 e. The zero-order valence-electron chi connectivity index (χ0n) is 7.70. The van der Waals surface area contributed by atoms with Crippen molar-refractivity contribution in [1.29, 1.82) is 0 Å². The standard InChI is InChI=1S/C11H11ClN2/c12-9-2-1-8-4-6-14-11(3-5-13)10(8)7-9/h1-2,4,6-7H,3,5,13H2. The summed E-state index contributed by atoms with van der Waals surface area (Å²) in [6.45, 7) is 0.610. The first-order chi connectivity index (χ1) is 6.81. The van der Waals surface area contributed by atoms with Crippen LogP contribution in [0.25, 0.3) is 10.8 Å². The van der Waals surface area contributed by atoms with E-state index in [1.807, 2.05) is 24.3 Å². The Balaban J connectivity index is 2.64. The molecular weight excluding hydrogens is 196 g/mol. The van der Waals surface area contributed by atoms with Crippen LogP contribution in [-0.4, -0.2) is 11.5 Å². The Morgan fingerprint density at radius 2 is 2.14 bits per heavy atom. The maximum Gasteiger partial charge on any atom is 0.0494 e. The highest BCUT2D eigenvalue weighted by atomic mass is 35.5. The minimum Gasteiger partial charge on any atom is -0.330 e. The molecular formula is C11H11ClN2. The molecule has 2 N–H and O–H groups in total. The van der Waals surface area contributed by atoms with E-state index < -0.39 is 0 Å². The molecule has 3 heteroatoms. The fourth-order valence-electron chi connectivity index (χ4n) is 1.54. The Morgan fingerprint density at radius 1 is 1.29 bits per heavy atom. The number of rotatable bonds is 2. The summed E-state index contributed by atoms with van der Waals surface area (Å²) in [5.41, 5.74) is 6.54. The molecule has 0 spiro atoms. The van der Waals surface area contributed by atoms with E-state index in [1.54, 1.807) is 6.20 Å². The second-order valence-corrected chi connectivity index (χ2v) is 3.60. The lowest BCUT2D eigenvalue weighted by molar-refractivity contribution is 0.935. The molecule has 72 valence electrons. The monoisotopic (exact) mass is 206 g/mol. The van der Waals surface area contributed by atoms with E-state index in [4.69, 9.17) is 17.3 Å². The lowest BCUT2D eigenvalue weighted by atomic mass is 10.1. The van der Waals surface area contributed by atoms with E-state index in [-0.39, 0.29) is 0 Å². The summed E-state index contributed by atoms with van der Waals surface area (Å²) in [5, 5.41) is 3.00. The summed E-state index contributed by atoms with van der Waals surface area (Å²) in [6, 6.07) is 7.80. The predicted molar refractivity (Wildman–Crippen MR) is 59.5 cm³/mol. The van der Waals surface area contributed by atoms with Gasteiger partial charge >= 0.3 is 0 Å². The van der Waals surface area contributed by atoms with Crippen molar-refractivity contribution in [3.8, 4) is 0 Å². The normalized spacial score (nSPS) is 10.7. The van der Waals surface area contributed by atoms with E-state index in [2.05, 4.69) is 4.98 Å². The first kappa shape index (κ1) is 9.44. The van der Waals surface area contributed by atoms with Gasteiger partial charge in [-0.1, -0.05) is 17.7 Å². The van der Waals surface area contributed by atoms with Gasteiger partial charge in [-0.05, 0) is 30.1 Å². The third-order valence-corrected chi connectivity index (χ3v) is 2.43. The maximum atomic E-state index is 5.93. The molecule has 0 amide bonds. The van der Waals surface area contributed by atoms with Gasteiger partial charge in [0, 0.05) is 28.7 Å². The van der Waals surface area contributed by atoms with Crippen molar-refractivity contribution in [2.24, 2.45) is 5.73 Å². The van der Waals surface area contributed by atoms with Crippen LogP contribution < -0.4 is 5.73 Å². The van der Waals surface area contributed by atoms with Crippen LogP contribution in [-0.2, 0) is 6.42 Å². The van der Waals surface area contributed by atoms with Crippen molar-refractivity contribution in [2.75, 3.05) is 6.54 Å². The number of fused-ring (bicyclic) bond motifs is 1. The smallest absolute Gasteiger partial charge is 0.0494 e.